The Morgan fingerprint density at radius 3 is 2.32 bits per heavy atom. The summed E-state index contributed by atoms with van der Waals surface area (Å²) in [7, 11) is 2.23. The molecule has 2 rings (SSSR count). The van der Waals surface area contributed by atoms with E-state index in [1.54, 1.807) is 0 Å². The topological polar surface area (TPSA) is 18.5 Å². The van der Waals surface area contributed by atoms with E-state index in [0.29, 0.717) is 5.41 Å². The lowest BCUT2D eigenvalue weighted by atomic mass is 9.91. The predicted molar refractivity (Wildman–Crippen MR) is 82.6 cm³/mol. The SMILES string of the molecule is CN1CCN(C(C)(C)CNC2CCC(C)(C)C2)CC1. The van der Waals surface area contributed by atoms with Gasteiger partial charge in [0.2, 0.25) is 0 Å². The first-order valence-electron chi connectivity index (χ1n) is 7.96. The largest absolute Gasteiger partial charge is 0.312 e. The van der Waals surface area contributed by atoms with Crippen LogP contribution in [0.4, 0.5) is 0 Å². The van der Waals surface area contributed by atoms with E-state index < -0.39 is 0 Å². The second-order valence-electron chi connectivity index (χ2n) is 8.09. The number of nitrogens with one attached hydrogen (secondary N) is 1. The molecule has 0 aromatic heterocycles. The van der Waals surface area contributed by atoms with E-state index in [1.165, 1.54) is 45.4 Å². The first-order valence-corrected chi connectivity index (χ1v) is 7.96. The zero-order chi connectivity index (χ0) is 14.1. The summed E-state index contributed by atoms with van der Waals surface area (Å²) in [5, 5.41) is 3.83. The second kappa shape index (κ2) is 5.71. The average Bonchev–Trinajstić information content (AvgIpc) is 2.67. The van der Waals surface area contributed by atoms with Gasteiger partial charge >= 0.3 is 0 Å². The second-order valence-corrected chi connectivity index (χ2v) is 8.09. The van der Waals surface area contributed by atoms with Crippen LogP contribution in [0.25, 0.3) is 0 Å². The van der Waals surface area contributed by atoms with Gasteiger partial charge in [-0.15, -0.1) is 0 Å². The molecule has 1 heterocycles. The van der Waals surface area contributed by atoms with Crippen molar-refractivity contribution in [1.29, 1.82) is 0 Å². The van der Waals surface area contributed by atoms with Crippen LogP contribution >= 0.6 is 0 Å². The molecule has 0 aromatic carbocycles. The van der Waals surface area contributed by atoms with Crippen LogP contribution in [-0.4, -0.2) is 61.2 Å². The van der Waals surface area contributed by atoms with Crippen molar-refractivity contribution >= 4 is 0 Å². The Bertz CT molecular complexity index is 290. The fourth-order valence-corrected chi connectivity index (χ4v) is 3.53. The van der Waals surface area contributed by atoms with E-state index in [1.807, 2.05) is 0 Å². The Kier molecular flexibility index (Phi) is 4.59. The van der Waals surface area contributed by atoms with Crippen molar-refractivity contribution in [3.8, 4) is 0 Å². The van der Waals surface area contributed by atoms with E-state index in [0.717, 1.165) is 12.6 Å². The number of nitrogens with zero attached hydrogens (tertiary/aromatic N) is 2. The van der Waals surface area contributed by atoms with E-state index in [-0.39, 0.29) is 5.54 Å². The molecular formula is C16H33N3. The number of likely N-dealkylation sites (N-methyl/N-ethyl adjacent to an activating group) is 1. The third kappa shape index (κ3) is 4.17. The number of piperazine rings is 1. The van der Waals surface area contributed by atoms with Crippen LogP contribution in [0.2, 0.25) is 0 Å². The number of rotatable bonds is 4. The molecule has 3 nitrogen and oxygen atoms in total. The summed E-state index contributed by atoms with van der Waals surface area (Å²) in [5.74, 6) is 0. The highest BCUT2D eigenvalue weighted by Crippen LogP contribution is 2.37. The molecule has 1 atom stereocenters. The summed E-state index contributed by atoms with van der Waals surface area (Å²) in [6, 6.07) is 0.738. The van der Waals surface area contributed by atoms with Crippen LogP contribution in [0.1, 0.15) is 47.0 Å². The molecule has 1 saturated heterocycles. The molecule has 3 heteroatoms. The summed E-state index contributed by atoms with van der Waals surface area (Å²) in [4.78, 5) is 5.08. The summed E-state index contributed by atoms with van der Waals surface area (Å²) in [6.07, 6.45) is 4.07. The van der Waals surface area contributed by atoms with Crippen molar-refractivity contribution in [2.45, 2.75) is 58.5 Å². The monoisotopic (exact) mass is 267 g/mol. The van der Waals surface area contributed by atoms with Crippen LogP contribution in [0.15, 0.2) is 0 Å². The minimum absolute atomic E-state index is 0.286. The molecule has 0 aromatic rings. The molecule has 1 unspecified atom stereocenters. The highest BCUT2D eigenvalue weighted by molar-refractivity contribution is 4.91. The lowest BCUT2D eigenvalue weighted by molar-refractivity contribution is 0.0600. The Balaban J connectivity index is 1.78. The van der Waals surface area contributed by atoms with Gasteiger partial charge in [-0.1, -0.05) is 13.8 Å². The first kappa shape index (κ1) is 15.3. The summed E-state index contributed by atoms with van der Waals surface area (Å²) >= 11 is 0. The Morgan fingerprint density at radius 2 is 1.79 bits per heavy atom. The minimum atomic E-state index is 0.286. The van der Waals surface area contributed by atoms with Crippen LogP contribution in [0.5, 0.6) is 0 Å². The van der Waals surface area contributed by atoms with Crippen molar-refractivity contribution in [1.82, 2.24) is 15.1 Å². The molecule has 1 N–H and O–H groups in total. The van der Waals surface area contributed by atoms with E-state index in [9.17, 15) is 0 Å². The Morgan fingerprint density at radius 1 is 1.16 bits per heavy atom. The minimum Gasteiger partial charge on any atom is -0.312 e. The molecule has 1 aliphatic heterocycles. The van der Waals surface area contributed by atoms with Crippen molar-refractivity contribution in [3.05, 3.63) is 0 Å². The number of hydrogen-bond acceptors (Lipinski definition) is 3. The van der Waals surface area contributed by atoms with Crippen LogP contribution in [0, 0.1) is 5.41 Å². The highest BCUT2D eigenvalue weighted by atomic mass is 15.3. The molecule has 112 valence electrons. The highest BCUT2D eigenvalue weighted by Gasteiger charge is 2.33. The van der Waals surface area contributed by atoms with Crippen molar-refractivity contribution in [2.75, 3.05) is 39.8 Å². The maximum Gasteiger partial charge on any atom is 0.0278 e. The molecule has 1 aliphatic carbocycles. The van der Waals surface area contributed by atoms with Gasteiger partial charge in [0.1, 0.15) is 0 Å². The Hall–Kier alpha value is -0.120. The van der Waals surface area contributed by atoms with E-state index >= 15 is 0 Å². The molecule has 0 bridgehead atoms. The van der Waals surface area contributed by atoms with Gasteiger partial charge < -0.3 is 10.2 Å². The predicted octanol–water partition coefficient (Wildman–Crippen LogP) is 2.18. The van der Waals surface area contributed by atoms with Gasteiger partial charge in [0.05, 0.1) is 0 Å². The average molecular weight is 267 g/mol. The quantitative estimate of drug-likeness (QED) is 0.842. The van der Waals surface area contributed by atoms with Gasteiger partial charge in [-0.25, -0.2) is 0 Å². The van der Waals surface area contributed by atoms with E-state index in [4.69, 9.17) is 0 Å². The smallest absolute Gasteiger partial charge is 0.0278 e. The normalized spacial score (nSPS) is 29.8. The maximum absolute atomic E-state index is 3.83. The van der Waals surface area contributed by atoms with Crippen molar-refractivity contribution < 1.29 is 0 Å². The standard InChI is InChI=1S/C16H33N3/c1-15(2)7-6-14(12-15)17-13-16(3,4)19-10-8-18(5)9-11-19/h14,17H,6-13H2,1-5H3. The van der Waals surface area contributed by atoms with Crippen molar-refractivity contribution in [2.24, 2.45) is 5.41 Å². The molecule has 0 amide bonds. The fraction of sp³-hybridized carbons (Fsp3) is 1.00. The van der Waals surface area contributed by atoms with Gasteiger partial charge in [-0.05, 0) is 45.6 Å². The van der Waals surface area contributed by atoms with Crippen LogP contribution in [0.3, 0.4) is 0 Å². The molecular weight excluding hydrogens is 234 g/mol. The summed E-state index contributed by atoms with van der Waals surface area (Å²) in [6.45, 7) is 15.6. The molecule has 0 spiro atoms. The fourth-order valence-electron chi connectivity index (χ4n) is 3.53. The summed E-state index contributed by atoms with van der Waals surface area (Å²) in [5.41, 5.74) is 0.837. The summed E-state index contributed by atoms with van der Waals surface area (Å²) < 4.78 is 0. The third-order valence-corrected chi connectivity index (χ3v) is 5.15. The molecule has 19 heavy (non-hydrogen) atoms. The lowest BCUT2D eigenvalue weighted by Gasteiger charge is -2.44. The number of hydrogen-bond donors (Lipinski definition) is 1. The van der Waals surface area contributed by atoms with Gasteiger partial charge in [0, 0.05) is 44.3 Å². The van der Waals surface area contributed by atoms with Crippen LogP contribution < -0.4 is 5.32 Å². The van der Waals surface area contributed by atoms with Crippen molar-refractivity contribution in [3.63, 3.8) is 0 Å². The van der Waals surface area contributed by atoms with Gasteiger partial charge in [0.25, 0.3) is 0 Å². The zero-order valence-corrected chi connectivity index (χ0v) is 13.6. The van der Waals surface area contributed by atoms with Gasteiger partial charge in [0.15, 0.2) is 0 Å². The molecule has 2 fully saturated rings. The zero-order valence-electron chi connectivity index (χ0n) is 13.6. The Labute approximate surface area is 119 Å². The first-order chi connectivity index (χ1) is 8.78. The third-order valence-electron chi connectivity index (χ3n) is 5.15. The molecule has 2 aliphatic rings. The maximum atomic E-state index is 3.83. The van der Waals surface area contributed by atoms with Gasteiger partial charge in [-0.2, -0.15) is 0 Å². The van der Waals surface area contributed by atoms with Gasteiger partial charge in [-0.3, -0.25) is 4.90 Å². The van der Waals surface area contributed by atoms with E-state index in [2.05, 4.69) is 49.9 Å². The van der Waals surface area contributed by atoms with Crippen LogP contribution in [-0.2, 0) is 0 Å². The lowest BCUT2D eigenvalue weighted by Crippen LogP contribution is -2.58. The molecule has 0 radical (unpaired) electrons. The molecule has 1 saturated carbocycles.